The fourth-order valence-electron chi connectivity index (χ4n) is 4.25. The van der Waals surface area contributed by atoms with Gasteiger partial charge in [0.25, 0.3) is 11.5 Å². The van der Waals surface area contributed by atoms with Gasteiger partial charge in [0, 0.05) is 18.2 Å². The molecule has 1 atom stereocenters. The minimum Gasteiger partial charge on any atom is -0.369 e. The molecule has 0 saturated heterocycles. The second-order valence-corrected chi connectivity index (χ2v) is 10.2. The van der Waals surface area contributed by atoms with Crippen LogP contribution in [0.3, 0.4) is 0 Å². The van der Waals surface area contributed by atoms with Crippen LogP contribution in [0.4, 0.5) is 11.6 Å². The topological polar surface area (TPSA) is 139 Å². The Bertz CT molecular complexity index is 1220. The Kier molecular flexibility index (Phi) is 10.1. The zero-order chi connectivity index (χ0) is 26.8. The van der Waals surface area contributed by atoms with Gasteiger partial charge >= 0.3 is 0 Å². The number of benzene rings is 1. The van der Waals surface area contributed by atoms with E-state index in [2.05, 4.69) is 44.4 Å². The first kappa shape index (κ1) is 28.2. The molecule has 3 aromatic rings. The SMILES string of the molecule is CCCCC(C)NCCCCCNC(=O)c1ccc([N+](C)(C)Cc2cnc3nc(N)[nH]c(=O)c3n2)cc1. The molecule has 0 spiro atoms. The van der Waals surface area contributed by atoms with Crippen molar-refractivity contribution in [1.82, 2.24) is 35.1 Å². The molecular weight excluding hydrogens is 468 g/mol. The summed E-state index contributed by atoms with van der Waals surface area (Å²) >= 11 is 0. The number of aromatic nitrogens is 4. The lowest BCUT2D eigenvalue weighted by molar-refractivity contribution is 0.0953. The maximum atomic E-state index is 12.6. The molecule has 10 nitrogen and oxygen atoms in total. The largest absolute Gasteiger partial charge is 0.369 e. The summed E-state index contributed by atoms with van der Waals surface area (Å²) in [5.41, 5.74) is 7.85. The third kappa shape index (κ3) is 8.33. The average Bonchev–Trinajstić information content (AvgIpc) is 2.87. The van der Waals surface area contributed by atoms with E-state index < -0.39 is 5.56 Å². The maximum absolute atomic E-state index is 12.6. The Morgan fingerprint density at radius 2 is 1.81 bits per heavy atom. The van der Waals surface area contributed by atoms with Gasteiger partial charge in [0.15, 0.2) is 11.2 Å². The maximum Gasteiger partial charge on any atom is 0.280 e. The number of quaternary nitrogens is 1. The molecule has 0 fully saturated rings. The van der Waals surface area contributed by atoms with Crippen LogP contribution in [0, 0.1) is 0 Å². The third-order valence-corrected chi connectivity index (χ3v) is 6.49. The van der Waals surface area contributed by atoms with Gasteiger partial charge in [-0.3, -0.25) is 19.1 Å². The van der Waals surface area contributed by atoms with E-state index >= 15 is 0 Å². The van der Waals surface area contributed by atoms with Crippen molar-refractivity contribution in [2.75, 3.05) is 32.9 Å². The Morgan fingerprint density at radius 3 is 2.54 bits per heavy atom. The van der Waals surface area contributed by atoms with E-state index in [9.17, 15) is 9.59 Å². The predicted molar refractivity (Wildman–Crippen MR) is 149 cm³/mol. The first-order valence-corrected chi connectivity index (χ1v) is 13.2. The molecule has 3 rings (SSSR count). The van der Waals surface area contributed by atoms with Crippen molar-refractivity contribution in [2.24, 2.45) is 0 Å². The van der Waals surface area contributed by atoms with Gasteiger partial charge in [0.05, 0.1) is 20.3 Å². The number of nitrogen functional groups attached to an aromatic ring is 1. The summed E-state index contributed by atoms with van der Waals surface area (Å²) < 4.78 is 0.466. The van der Waals surface area contributed by atoms with E-state index in [-0.39, 0.29) is 23.0 Å². The number of amides is 1. The minimum atomic E-state index is -0.411. The number of fused-ring (bicyclic) bond motifs is 1. The first-order valence-electron chi connectivity index (χ1n) is 13.2. The fraction of sp³-hybridized carbons (Fsp3) is 0.519. The van der Waals surface area contributed by atoms with Crippen LogP contribution in [0.5, 0.6) is 0 Å². The van der Waals surface area contributed by atoms with Gasteiger partial charge in [-0.05, 0) is 57.0 Å². The molecular formula is C27H41N8O2+. The number of hydrogen-bond acceptors (Lipinski definition) is 7. The number of unbranched alkanes of at least 4 members (excludes halogenated alkanes) is 3. The summed E-state index contributed by atoms with van der Waals surface area (Å²) in [7, 11) is 4.07. The highest BCUT2D eigenvalue weighted by atomic mass is 16.1. The van der Waals surface area contributed by atoms with E-state index in [4.69, 9.17) is 5.73 Å². The highest BCUT2D eigenvalue weighted by Crippen LogP contribution is 2.22. The van der Waals surface area contributed by atoms with Gasteiger partial charge in [-0.1, -0.05) is 26.2 Å². The van der Waals surface area contributed by atoms with Crippen LogP contribution >= 0.6 is 0 Å². The number of nitrogens with two attached hydrogens (primary N) is 1. The molecule has 1 aromatic carbocycles. The Labute approximate surface area is 218 Å². The number of carbonyl (C=O) groups excluding carboxylic acids is 1. The van der Waals surface area contributed by atoms with E-state index in [1.54, 1.807) is 6.20 Å². The smallest absolute Gasteiger partial charge is 0.280 e. The summed E-state index contributed by atoms with van der Waals surface area (Å²) in [6, 6.07) is 8.16. The van der Waals surface area contributed by atoms with Crippen molar-refractivity contribution in [3.8, 4) is 0 Å². The van der Waals surface area contributed by atoms with E-state index in [0.717, 1.165) is 31.5 Å². The number of hydrogen-bond donors (Lipinski definition) is 4. The summed E-state index contributed by atoms with van der Waals surface area (Å²) in [6.45, 7) is 6.67. The number of nitrogens with zero attached hydrogens (tertiary/aromatic N) is 4. The predicted octanol–water partition coefficient (Wildman–Crippen LogP) is 3.13. The van der Waals surface area contributed by atoms with Crippen LogP contribution in [0.2, 0.25) is 0 Å². The zero-order valence-corrected chi connectivity index (χ0v) is 22.5. The number of carbonyl (C=O) groups is 1. The van der Waals surface area contributed by atoms with Crippen LogP contribution in [-0.4, -0.2) is 59.1 Å². The molecule has 0 aliphatic rings. The molecule has 0 saturated carbocycles. The standard InChI is InChI=1S/C27H40N8O2/c1-5-6-10-19(2)29-15-8-7-9-16-30-25(36)20-11-13-22(14-12-20)35(3,4)18-21-17-31-24-23(32-21)26(37)34-27(28)33-24/h11-14,17,19,29H,5-10,15-16,18H2,1-4H3,(H3-,28,30,31,33,34,36,37)/p+1. The van der Waals surface area contributed by atoms with Crippen molar-refractivity contribution in [3.63, 3.8) is 0 Å². The van der Waals surface area contributed by atoms with Gasteiger partial charge in [-0.25, -0.2) is 9.97 Å². The van der Waals surface area contributed by atoms with Gasteiger partial charge in [-0.15, -0.1) is 0 Å². The second-order valence-electron chi connectivity index (χ2n) is 10.2. The summed E-state index contributed by atoms with van der Waals surface area (Å²) in [6.07, 6.45) is 8.53. The molecule has 0 bridgehead atoms. The van der Waals surface area contributed by atoms with E-state index in [1.165, 1.54) is 19.3 Å². The van der Waals surface area contributed by atoms with Crippen LogP contribution in [0.1, 0.15) is 68.4 Å². The molecule has 2 aromatic heterocycles. The van der Waals surface area contributed by atoms with Gasteiger partial charge in [-0.2, -0.15) is 4.98 Å². The monoisotopic (exact) mass is 509 g/mol. The van der Waals surface area contributed by atoms with Crippen molar-refractivity contribution < 1.29 is 4.79 Å². The van der Waals surface area contributed by atoms with Gasteiger partial charge in [0.2, 0.25) is 5.95 Å². The molecule has 0 radical (unpaired) electrons. The van der Waals surface area contributed by atoms with Crippen molar-refractivity contribution in [1.29, 1.82) is 0 Å². The molecule has 10 heteroatoms. The first-order chi connectivity index (χ1) is 17.7. The van der Waals surface area contributed by atoms with Crippen LogP contribution in [-0.2, 0) is 6.54 Å². The molecule has 5 N–H and O–H groups in total. The Hall–Kier alpha value is -3.37. The van der Waals surface area contributed by atoms with Crippen LogP contribution in [0.25, 0.3) is 11.2 Å². The summed E-state index contributed by atoms with van der Waals surface area (Å²) in [5.74, 6) is -0.0468. The highest BCUT2D eigenvalue weighted by Gasteiger charge is 2.22. The quantitative estimate of drug-likeness (QED) is 0.193. The minimum absolute atomic E-state index is 0.0138. The number of aromatic amines is 1. The number of anilines is 1. The molecule has 37 heavy (non-hydrogen) atoms. The highest BCUT2D eigenvalue weighted by molar-refractivity contribution is 5.94. The normalized spacial score (nSPS) is 12.5. The van der Waals surface area contributed by atoms with E-state index in [0.29, 0.717) is 34.9 Å². The van der Waals surface area contributed by atoms with Crippen molar-refractivity contribution in [3.05, 3.63) is 52.1 Å². The number of nitrogens with one attached hydrogen (secondary N) is 3. The zero-order valence-electron chi connectivity index (χ0n) is 22.5. The lowest BCUT2D eigenvalue weighted by atomic mass is 10.1. The van der Waals surface area contributed by atoms with Gasteiger partial charge < -0.3 is 16.4 Å². The molecule has 2 heterocycles. The lowest BCUT2D eigenvalue weighted by Gasteiger charge is -2.29. The number of rotatable bonds is 14. The summed E-state index contributed by atoms with van der Waals surface area (Å²) in [5, 5.41) is 6.59. The van der Waals surface area contributed by atoms with Crippen LogP contribution in [0.15, 0.2) is 35.3 Å². The number of H-pyrrole nitrogens is 1. The Morgan fingerprint density at radius 1 is 1.08 bits per heavy atom. The second kappa shape index (κ2) is 13.3. The third-order valence-electron chi connectivity index (χ3n) is 6.49. The molecule has 0 aliphatic heterocycles. The van der Waals surface area contributed by atoms with Crippen molar-refractivity contribution >= 4 is 28.7 Å². The fourth-order valence-corrected chi connectivity index (χ4v) is 4.25. The molecule has 1 unspecified atom stereocenters. The average molecular weight is 510 g/mol. The molecule has 200 valence electrons. The van der Waals surface area contributed by atoms with Gasteiger partial charge in [0.1, 0.15) is 17.9 Å². The molecule has 1 amide bonds. The van der Waals surface area contributed by atoms with E-state index in [1.807, 2.05) is 38.4 Å². The lowest BCUT2D eigenvalue weighted by Crippen LogP contribution is -2.40. The van der Waals surface area contributed by atoms with Crippen LogP contribution < -0.4 is 26.4 Å². The Balaban J connectivity index is 1.47. The van der Waals surface area contributed by atoms with Crippen molar-refractivity contribution in [2.45, 2.75) is 65.0 Å². The summed E-state index contributed by atoms with van der Waals surface area (Å²) in [4.78, 5) is 39.9. The molecule has 0 aliphatic carbocycles.